The molecule has 16 heteroatoms. The number of nitrogens with two attached hydrogens (primary N) is 1. The molecule has 0 saturated carbocycles. The topological polar surface area (TPSA) is 223 Å². The average molecular weight is 753 g/mol. The molecule has 0 bridgehead atoms. The Kier molecular flexibility index (Phi) is 10.9. The van der Waals surface area contributed by atoms with Gasteiger partial charge in [-0.05, 0) is 135 Å². The number of anilines is 1. The number of primary sulfonamides is 1. The van der Waals surface area contributed by atoms with Gasteiger partial charge in [-0.15, -0.1) is 5.26 Å². The third kappa shape index (κ3) is 7.91. The van der Waals surface area contributed by atoms with Gasteiger partial charge >= 0.3 is 6.03 Å². The Hall–Kier alpha value is -4.20. The summed E-state index contributed by atoms with van der Waals surface area (Å²) in [7, 11) is -7.11. The van der Waals surface area contributed by atoms with Crippen molar-refractivity contribution < 1.29 is 26.4 Å². The van der Waals surface area contributed by atoms with E-state index < -0.39 is 36.6 Å². The zero-order chi connectivity index (χ0) is 37.4. The van der Waals surface area contributed by atoms with Crippen LogP contribution in [0, 0.1) is 22.3 Å². The maximum Gasteiger partial charge on any atom is 0.332 e. The van der Waals surface area contributed by atoms with E-state index in [-0.39, 0.29) is 13.1 Å². The van der Waals surface area contributed by atoms with Crippen molar-refractivity contribution in [2.75, 3.05) is 31.5 Å². The molecule has 52 heavy (non-hydrogen) atoms. The molecule has 2 saturated heterocycles. The Balaban J connectivity index is 0.000000150. The Bertz CT molecular complexity index is 1980. The lowest BCUT2D eigenvalue weighted by Gasteiger charge is -2.39. The highest BCUT2D eigenvalue weighted by molar-refractivity contribution is 7.90. The predicted molar refractivity (Wildman–Crippen MR) is 199 cm³/mol. The summed E-state index contributed by atoms with van der Waals surface area (Å²) in [5, 5.41) is 30.0. The fourth-order valence-electron chi connectivity index (χ4n) is 8.08. The SMILES string of the molecule is CC(=N)N1CC(S(=O)(=O)NC(=O)Nc2c3c(cc4c2CCC4)CCC3)C1.CC(=N)N1CC(S(N)(=O)=O)C1.N#COc1c2c(cc3c1CCC3)CCC2. The van der Waals surface area contributed by atoms with E-state index in [1.807, 2.05) is 6.26 Å². The first-order valence-corrected chi connectivity index (χ1v) is 21.1. The normalized spacial score (nSPS) is 18.5. The number of fused-ring (bicyclic) bond motifs is 4. The molecule has 2 aromatic carbocycles. The standard InChI is InChI=1S/C18H24N4O3S.C13H13NO.C5H11N3O2S/c1-11(19)22-9-14(10-22)26(24,25)21-18(23)20-17-15-6-2-4-12(15)8-13-5-3-7-16(13)17;14-8-15-13-11-5-1-3-9(11)7-10-4-2-6-12(10)13;1-4(6)8-2-5(3-8)11(7,9)10/h8,14,19H,2-7,9-10H2,1H3,(H2,20,21,23);7H,1-6H2;5-6H,2-3H2,1H3,(H2,7,9,10). The van der Waals surface area contributed by atoms with Crippen LogP contribution in [0.15, 0.2) is 12.1 Å². The number of likely N-dealkylation sites (tertiary alicyclic amines) is 2. The molecular weight excluding hydrogens is 705 g/mol. The molecule has 2 aromatic rings. The van der Waals surface area contributed by atoms with Gasteiger partial charge in [0.1, 0.15) is 16.2 Å². The summed E-state index contributed by atoms with van der Waals surface area (Å²) in [4.78, 5) is 15.8. The predicted octanol–water partition coefficient (Wildman–Crippen LogP) is 3.28. The minimum atomic E-state index is -3.74. The monoisotopic (exact) mass is 752 g/mol. The summed E-state index contributed by atoms with van der Waals surface area (Å²) in [6.07, 6.45) is 14.8. The van der Waals surface area contributed by atoms with Crippen molar-refractivity contribution in [1.29, 1.82) is 16.1 Å². The van der Waals surface area contributed by atoms with Gasteiger partial charge in [-0.1, -0.05) is 12.1 Å². The maximum atomic E-state index is 12.4. The molecule has 2 aliphatic heterocycles. The largest absolute Gasteiger partial charge is 0.387 e. The van der Waals surface area contributed by atoms with Crippen LogP contribution in [0.1, 0.15) is 84.0 Å². The van der Waals surface area contributed by atoms with Crippen LogP contribution >= 0.6 is 0 Å². The molecule has 0 aromatic heterocycles. The zero-order valence-electron chi connectivity index (χ0n) is 29.8. The number of sulfonamides is 2. The summed E-state index contributed by atoms with van der Waals surface area (Å²) >= 11 is 0. The van der Waals surface area contributed by atoms with Gasteiger partial charge in [0, 0.05) is 31.9 Å². The molecule has 14 nitrogen and oxygen atoms in total. The molecule has 6 N–H and O–H groups in total. The molecule has 4 aliphatic carbocycles. The van der Waals surface area contributed by atoms with Crippen molar-refractivity contribution >= 4 is 43.4 Å². The number of carbonyl (C=O) groups is 1. The lowest BCUT2D eigenvalue weighted by Crippen LogP contribution is -2.59. The molecule has 2 heterocycles. The Morgan fingerprint density at radius 2 is 1.15 bits per heavy atom. The van der Waals surface area contributed by atoms with Crippen molar-refractivity contribution in [2.24, 2.45) is 5.14 Å². The number of rotatable bonds is 5. The summed E-state index contributed by atoms with van der Waals surface area (Å²) < 4.78 is 53.5. The summed E-state index contributed by atoms with van der Waals surface area (Å²) in [5.74, 6) is 1.64. The zero-order valence-corrected chi connectivity index (χ0v) is 31.4. The summed E-state index contributed by atoms with van der Waals surface area (Å²) in [6, 6.07) is 3.94. The van der Waals surface area contributed by atoms with Gasteiger partial charge in [0.2, 0.25) is 20.0 Å². The smallest absolute Gasteiger partial charge is 0.332 e. The second-order valence-corrected chi connectivity index (χ2v) is 18.3. The lowest BCUT2D eigenvalue weighted by molar-refractivity contribution is 0.255. The van der Waals surface area contributed by atoms with E-state index in [4.69, 9.17) is 26.0 Å². The van der Waals surface area contributed by atoms with Crippen molar-refractivity contribution in [2.45, 2.75) is 101 Å². The van der Waals surface area contributed by atoms with Crippen LogP contribution in [-0.2, 0) is 71.4 Å². The molecule has 0 atom stereocenters. The number of amidine groups is 2. The van der Waals surface area contributed by atoms with Crippen molar-refractivity contribution in [3.8, 4) is 12.0 Å². The second kappa shape index (κ2) is 15.0. The van der Waals surface area contributed by atoms with Crippen LogP contribution in [-0.4, -0.2) is 81.0 Å². The Morgan fingerprint density at radius 3 is 1.56 bits per heavy atom. The number of nitrogens with one attached hydrogen (secondary N) is 4. The van der Waals surface area contributed by atoms with Crippen LogP contribution < -0.4 is 19.9 Å². The number of benzene rings is 2. The minimum absolute atomic E-state index is 0.258. The van der Waals surface area contributed by atoms with Crippen molar-refractivity contribution in [1.82, 2.24) is 14.5 Å². The lowest BCUT2D eigenvalue weighted by atomic mass is 9.99. The van der Waals surface area contributed by atoms with E-state index in [0.717, 1.165) is 75.6 Å². The van der Waals surface area contributed by atoms with Crippen molar-refractivity contribution in [3.05, 3.63) is 56.6 Å². The average Bonchev–Trinajstić information content (AvgIpc) is 3.81. The van der Waals surface area contributed by atoms with E-state index in [2.05, 4.69) is 22.2 Å². The molecule has 2 amide bonds. The molecule has 0 radical (unpaired) electrons. The van der Waals surface area contributed by atoms with E-state index >= 15 is 0 Å². The Labute approximate surface area is 306 Å². The van der Waals surface area contributed by atoms with Gasteiger partial charge in [0.15, 0.2) is 0 Å². The summed E-state index contributed by atoms with van der Waals surface area (Å²) in [6.45, 7) is 4.50. The molecule has 6 aliphatic rings. The van der Waals surface area contributed by atoms with E-state index in [1.165, 1.54) is 57.3 Å². The quantitative estimate of drug-likeness (QED) is 0.172. The summed E-state index contributed by atoms with van der Waals surface area (Å²) in [5.41, 5.74) is 11.2. The van der Waals surface area contributed by atoms with Crippen LogP contribution in [0.4, 0.5) is 10.5 Å². The van der Waals surface area contributed by atoms with Crippen LogP contribution in [0.2, 0.25) is 0 Å². The number of urea groups is 1. The molecular formula is C36H48N8O6S2. The third-order valence-corrected chi connectivity index (χ3v) is 13.9. The van der Waals surface area contributed by atoms with E-state index in [9.17, 15) is 21.6 Å². The third-order valence-electron chi connectivity index (χ3n) is 11.1. The van der Waals surface area contributed by atoms with Crippen LogP contribution in [0.3, 0.4) is 0 Å². The number of aryl methyl sites for hydroxylation is 4. The van der Waals surface area contributed by atoms with Crippen LogP contribution in [0.5, 0.6) is 5.75 Å². The van der Waals surface area contributed by atoms with Crippen LogP contribution in [0.25, 0.3) is 0 Å². The van der Waals surface area contributed by atoms with Gasteiger partial charge < -0.3 is 19.9 Å². The maximum absolute atomic E-state index is 12.4. The number of nitriles is 1. The van der Waals surface area contributed by atoms with Gasteiger partial charge in [-0.2, -0.15) is 0 Å². The Morgan fingerprint density at radius 1 is 0.750 bits per heavy atom. The number of amides is 2. The second-order valence-electron chi connectivity index (χ2n) is 14.5. The number of ether oxygens (including phenoxy) is 1. The molecule has 8 rings (SSSR count). The first-order chi connectivity index (χ1) is 24.7. The van der Waals surface area contributed by atoms with Gasteiger partial charge in [-0.25, -0.2) is 31.5 Å². The highest BCUT2D eigenvalue weighted by Gasteiger charge is 2.39. The molecule has 0 spiro atoms. The minimum Gasteiger partial charge on any atom is -0.387 e. The van der Waals surface area contributed by atoms with Gasteiger partial charge in [-0.3, -0.25) is 10.8 Å². The highest BCUT2D eigenvalue weighted by Crippen LogP contribution is 2.40. The molecule has 280 valence electrons. The number of hydrogen-bond donors (Lipinski definition) is 5. The van der Waals surface area contributed by atoms with Crippen molar-refractivity contribution in [3.63, 3.8) is 0 Å². The van der Waals surface area contributed by atoms with E-state index in [1.54, 1.807) is 23.6 Å². The first kappa shape index (κ1) is 37.6. The molecule has 0 unspecified atom stereocenters. The molecule has 2 fully saturated rings. The van der Waals surface area contributed by atoms with Gasteiger partial charge in [0.25, 0.3) is 6.26 Å². The number of hydrogen-bond acceptors (Lipinski definition) is 9. The highest BCUT2D eigenvalue weighted by atomic mass is 32.2. The van der Waals surface area contributed by atoms with E-state index in [0.29, 0.717) is 24.8 Å². The number of nitrogens with zero attached hydrogens (tertiary/aromatic N) is 3. The first-order valence-electron chi connectivity index (χ1n) is 18.0. The fourth-order valence-corrected chi connectivity index (χ4v) is 10.1. The fraction of sp³-hybridized carbons (Fsp3) is 0.556. The van der Waals surface area contributed by atoms with Gasteiger partial charge in [0.05, 0.1) is 11.7 Å². The number of carbonyl (C=O) groups excluding carboxylic acids is 1.